The summed E-state index contributed by atoms with van der Waals surface area (Å²) in [5.41, 5.74) is -0.951. The Morgan fingerprint density at radius 1 is 1.30 bits per heavy atom. The van der Waals surface area contributed by atoms with Crippen LogP contribution in [0, 0.1) is 11.2 Å². The van der Waals surface area contributed by atoms with Crippen molar-refractivity contribution in [3.8, 4) is 0 Å². The summed E-state index contributed by atoms with van der Waals surface area (Å²) in [7, 11) is 1.52. The highest BCUT2D eigenvalue weighted by atomic mass is 19.1. The zero-order valence-electron chi connectivity index (χ0n) is 11.8. The molecule has 0 bridgehead atoms. The highest BCUT2D eigenvalue weighted by molar-refractivity contribution is 6.09. The molecule has 0 aliphatic rings. The first-order valence-electron chi connectivity index (χ1n) is 6.22. The van der Waals surface area contributed by atoms with Gasteiger partial charge in [-0.3, -0.25) is 9.59 Å². The fraction of sp³-hybridized carbons (Fsp3) is 0.429. The zero-order valence-corrected chi connectivity index (χ0v) is 11.8. The Morgan fingerprint density at radius 2 is 2.00 bits per heavy atom. The quantitative estimate of drug-likeness (QED) is 0.614. The van der Waals surface area contributed by atoms with Crippen LogP contribution in [0.5, 0.6) is 0 Å². The molecule has 2 amide bonds. The molecule has 0 aromatic heterocycles. The van der Waals surface area contributed by atoms with Crippen LogP contribution < -0.4 is 10.6 Å². The van der Waals surface area contributed by atoms with Gasteiger partial charge in [-0.15, -0.1) is 0 Å². The van der Waals surface area contributed by atoms with Crippen molar-refractivity contribution in [3.63, 3.8) is 0 Å². The normalized spacial score (nSPS) is 11.0. The second-order valence-corrected chi connectivity index (χ2v) is 4.84. The third-order valence-electron chi connectivity index (χ3n) is 2.81. The predicted molar refractivity (Wildman–Crippen MR) is 73.7 cm³/mol. The molecular formula is C14H19FN2O3. The molecule has 0 unspecified atom stereocenters. The van der Waals surface area contributed by atoms with E-state index in [2.05, 4.69) is 10.6 Å². The summed E-state index contributed by atoms with van der Waals surface area (Å²) in [4.78, 5) is 24.0. The monoisotopic (exact) mass is 282 g/mol. The van der Waals surface area contributed by atoms with Gasteiger partial charge in [0, 0.05) is 19.3 Å². The summed E-state index contributed by atoms with van der Waals surface area (Å²) < 4.78 is 17.9. The van der Waals surface area contributed by atoms with E-state index in [0.717, 1.165) is 0 Å². The summed E-state index contributed by atoms with van der Waals surface area (Å²) >= 11 is 0. The van der Waals surface area contributed by atoms with Gasteiger partial charge in [0.05, 0.1) is 6.61 Å². The predicted octanol–water partition coefficient (Wildman–Crippen LogP) is 1.55. The summed E-state index contributed by atoms with van der Waals surface area (Å²) in [5, 5.41) is 5.13. The van der Waals surface area contributed by atoms with Gasteiger partial charge in [-0.2, -0.15) is 0 Å². The number of halogens is 1. The molecule has 0 radical (unpaired) electrons. The van der Waals surface area contributed by atoms with Crippen LogP contribution >= 0.6 is 0 Å². The molecule has 0 saturated heterocycles. The average molecular weight is 282 g/mol. The molecule has 1 aromatic rings. The lowest BCUT2D eigenvalue weighted by Gasteiger charge is -2.22. The number of hydrogen-bond donors (Lipinski definition) is 2. The fourth-order valence-corrected chi connectivity index (χ4v) is 1.44. The van der Waals surface area contributed by atoms with Gasteiger partial charge in [-0.25, -0.2) is 4.39 Å². The molecule has 0 saturated carbocycles. The standard InChI is InChI=1S/C14H19FN2O3/c1-14(2,12(18)16-7-8-20-3)13(19)17-11-6-4-5-10(15)9-11/h4-6,9H,7-8H2,1-3H3,(H,16,18)(H,17,19). The first kappa shape index (κ1) is 16.1. The lowest BCUT2D eigenvalue weighted by Crippen LogP contribution is -2.45. The van der Waals surface area contributed by atoms with E-state index >= 15 is 0 Å². The Labute approximate surface area is 117 Å². The summed E-state index contributed by atoms with van der Waals surface area (Å²) in [6.45, 7) is 3.70. The van der Waals surface area contributed by atoms with Crippen LogP contribution in [0.3, 0.4) is 0 Å². The first-order chi connectivity index (χ1) is 9.37. The molecular weight excluding hydrogens is 263 g/mol. The topological polar surface area (TPSA) is 67.4 Å². The number of amides is 2. The van der Waals surface area contributed by atoms with Crippen molar-refractivity contribution in [1.82, 2.24) is 5.32 Å². The smallest absolute Gasteiger partial charge is 0.239 e. The van der Waals surface area contributed by atoms with Crippen molar-refractivity contribution < 1.29 is 18.7 Å². The molecule has 0 fully saturated rings. The van der Waals surface area contributed by atoms with Crippen molar-refractivity contribution in [1.29, 1.82) is 0 Å². The van der Waals surface area contributed by atoms with E-state index in [1.807, 2.05) is 0 Å². The van der Waals surface area contributed by atoms with Gasteiger partial charge in [0.1, 0.15) is 11.2 Å². The molecule has 0 spiro atoms. The minimum absolute atomic E-state index is 0.313. The van der Waals surface area contributed by atoms with Crippen LogP contribution in [0.25, 0.3) is 0 Å². The van der Waals surface area contributed by atoms with Gasteiger partial charge < -0.3 is 15.4 Å². The molecule has 6 heteroatoms. The highest BCUT2D eigenvalue weighted by Gasteiger charge is 2.35. The maximum absolute atomic E-state index is 13.0. The number of nitrogens with one attached hydrogen (secondary N) is 2. The van der Waals surface area contributed by atoms with Crippen molar-refractivity contribution in [2.24, 2.45) is 5.41 Å². The van der Waals surface area contributed by atoms with Gasteiger partial charge >= 0.3 is 0 Å². The minimum Gasteiger partial charge on any atom is -0.383 e. The van der Waals surface area contributed by atoms with Crippen molar-refractivity contribution in [2.75, 3.05) is 25.6 Å². The second-order valence-electron chi connectivity index (χ2n) is 4.84. The lowest BCUT2D eigenvalue weighted by molar-refractivity contribution is -0.138. The Morgan fingerprint density at radius 3 is 2.60 bits per heavy atom. The summed E-state index contributed by atoms with van der Waals surface area (Å²) in [5.74, 6) is -1.37. The van der Waals surface area contributed by atoms with E-state index in [1.54, 1.807) is 6.07 Å². The molecule has 0 heterocycles. The molecule has 0 atom stereocenters. The Kier molecular flexibility index (Phi) is 5.64. The molecule has 0 aliphatic carbocycles. The van der Waals surface area contributed by atoms with E-state index < -0.39 is 23.0 Å². The Bertz CT molecular complexity index is 489. The van der Waals surface area contributed by atoms with E-state index in [9.17, 15) is 14.0 Å². The second kappa shape index (κ2) is 7.00. The number of carbonyl (C=O) groups is 2. The fourth-order valence-electron chi connectivity index (χ4n) is 1.44. The lowest BCUT2D eigenvalue weighted by atomic mass is 9.91. The summed E-state index contributed by atoms with van der Waals surface area (Å²) in [6, 6.07) is 5.51. The maximum atomic E-state index is 13.0. The van der Waals surface area contributed by atoms with Crippen molar-refractivity contribution in [3.05, 3.63) is 30.1 Å². The molecule has 1 rings (SSSR count). The third-order valence-corrected chi connectivity index (χ3v) is 2.81. The SMILES string of the molecule is COCCNC(=O)C(C)(C)C(=O)Nc1cccc(F)c1. The average Bonchev–Trinajstić information content (AvgIpc) is 2.38. The van der Waals surface area contributed by atoms with Gasteiger partial charge in [-0.1, -0.05) is 6.07 Å². The Balaban J connectivity index is 2.66. The van der Waals surface area contributed by atoms with Crippen LogP contribution in [0.2, 0.25) is 0 Å². The van der Waals surface area contributed by atoms with Gasteiger partial charge in [0.25, 0.3) is 0 Å². The molecule has 20 heavy (non-hydrogen) atoms. The molecule has 5 nitrogen and oxygen atoms in total. The van der Waals surface area contributed by atoms with Crippen LogP contribution in [-0.4, -0.2) is 32.1 Å². The van der Waals surface area contributed by atoms with E-state index in [0.29, 0.717) is 18.8 Å². The number of ether oxygens (including phenoxy) is 1. The van der Waals surface area contributed by atoms with Gasteiger partial charge in [0.15, 0.2) is 0 Å². The number of rotatable bonds is 6. The zero-order chi connectivity index (χ0) is 15.2. The van der Waals surface area contributed by atoms with Crippen LogP contribution in [0.1, 0.15) is 13.8 Å². The van der Waals surface area contributed by atoms with E-state index in [1.165, 1.54) is 39.2 Å². The highest BCUT2D eigenvalue weighted by Crippen LogP contribution is 2.19. The minimum atomic E-state index is -1.26. The molecule has 0 aliphatic heterocycles. The van der Waals surface area contributed by atoms with E-state index in [-0.39, 0.29) is 0 Å². The van der Waals surface area contributed by atoms with Crippen molar-refractivity contribution >= 4 is 17.5 Å². The van der Waals surface area contributed by atoms with Gasteiger partial charge in [-0.05, 0) is 32.0 Å². The largest absolute Gasteiger partial charge is 0.383 e. The number of carbonyl (C=O) groups excluding carboxylic acids is 2. The number of anilines is 1. The number of benzene rings is 1. The molecule has 2 N–H and O–H groups in total. The van der Waals surface area contributed by atoms with Crippen molar-refractivity contribution in [2.45, 2.75) is 13.8 Å². The van der Waals surface area contributed by atoms with Crippen LogP contribution in [0.15, 0.2) is 24.3 Å². The molecule has 1 aromatic carbocycles. The third kappa shape index (κ3) is 4.31. The Hall–Kier alpha value is -1.95. The van der Waals surface area contributed by atoms with Crippen LogP contribution in [-0.2, 0) is 14.3 Å². The van der Waals surface area contributed by atoms with Crippen LogP contribution in [0.4, 0.5) is 10.1 Å². The first-order valence-corrected chi connectivity index (χ1v) is 6.22. The summed E-state index contributed by atoms with van der Waals surface area (Å²) in [6.07, 6.45) is 0. The molecule has 110 valence electrons. The van der Waals surface area contributed by atoms with Gasteiger partial charge in [0.2, 0.25) is 11.8 Å². The number of methoxy groups -OCH3 is 1. The van der Waals surface area contributed by atoms with E-state index in [4.69, 9.17) is 4.74 Å². The number of hydrogen-bond acceptors (Lipinski definition) is 3. The maximum Gasteiger partial charge on any atom is 0.239 e.